The molecule has 0 aliphatic carbocycles. The molecule has 0 unspecified atom stereocenters. The zero-order valence-electron chi connectivity index (χ0n) is 19.4. The van der Waals surface area contributed by atoms with Gasteiger partial charge < -0.3 is 24.8 Å². The van der Waals surface area contributed by atoms with Crippen LogP contribution in [0, 0.1) is 5.82 Å². The zero-order valence-corrected chi connectivity index (χ0v) is 19.4. The second-order valence-electron chi connectivity index (χ2n) is 7.11. The van der Waals surface area contributed by atoms with Gasteiger partial charge in [0.1, 0.15) is 11.6 Å². The third kappa shape index (κ3) is 7.29. The van der Waals surface area contributed by atoms with Gasteiger partial charge >= 0.3 is 11.8 Å². The molecule has 0 saturated heterocycles. The SMILES string of the molecule is COc1ccc(NC(=O)COc2ccc(/C=N\NC(=O)C(=O)Nc3ccccc3F)cc2OC)cc1. The Morgan fingerprint density at radius 1 is 0.889 bits per heavy atom. The maximum Gasteiger partial charge on any atom is 0.329 e. The third-order valence-electron chi connectivity index (χ3n) is 4.63. The number of amides is 3. The summed E-state index contributed by atoms with van der Waals surface area (Å²) in [6.07, 6.45) is 1.27. The monoisotopic (exact) mass is 494 g/mol. The van der Waals surface area contributed by atoms with Gasteiger partial charge in [0, 0.05) is 5.69 Å². The molecule has 0 aromatic heterocycles. The first-order valence-electron chi connectivity index (χ1n) is 10.5. The summed E-state index contributed by atoms with van der Waals surface area (Å²) < 4.78 is 29.5. The second-order valence-corrected chi connectivity index (χ2v) is 7.11. The van der Waals surface area contributed by atoms with E-state index in [1.807, 2.05) is 0 Å². The molecule has 0 heterocycles. The highest BCUT2D eigenvalue weighted by molar-refractivity contribution is 6.39. The number of nitrogens with one attached hydrogen (secondary N) is 3. The molecule has 3 rings (SSSR count). The van der Waals surface area contributed by atoms with Gasteiger partial charge in [0.25, 0.3) is 5.91 Å². The molecular formula is C25H23FN4O6. The molecule has 0 bridgehead atoms. The van der Waals surface area contributed by atoms with Crippen molar-refractivity contribution in [1.82, 2.24) is 5.43 Å². The van der Waals surface area contributed by atoms with Crippen LogP contribution in [-0.2, 0) is 14.4 Å². The van der Waals surface area contributed by atoms with Crippen molar-refractivity contribution in [2.75, 3.05) is 31.5 Å². The lowest BCUT2D eigenvalue weighted by Gasteiger charge is -2.11. The van der Waals surface area contributed by atoms with Crippen LogP contribution >= 0.6 is 0 Å². The number of methoxy groups -OCH3 is 2. The molecular weight excluding hydrogens is 471 g/mol. The molecule has 0 aliphatic rings. The van der Waals surface area contributed by atoms with Crippen molar-refractivity contribution >= 4 is 35.3 Å². The topological polar surface area (TPSA) is 127 Å². The number of carbonyl (C=O) groups is 3. The fourth-order valence-corrected chi connectivity index (χ4v) is 2.86. The van der Waals surface area contributed by atoms with E-state index < -0.39 is 17.6 Å². The van der Waals surface area contributed by atoms with Gasteiger partial charge in [-0.25, -0.2) is 9.82 Å². The minimum Gasteiger partial charge on any atom is -0.497 e. The van der Waals surface area contributed by atoms with Crippen molar-refractivity contribution in [1.29, 1.82) is 0 Å². The van der Waals surface area contributed by atoms with E-state index in [1.165, 1.54) is 31.5 Å². The first kappa shape index (κ1) is 25.7. The molecule has 0 spiro atoms. The molecule has 0 fully saturated rings. The minimum atomic E-state index is -1.08. The van der Waals surface area contributed by atoms with E-state index in [-0.39, 0.29) is 18.2 Å². The summed E-state index contributed by atoms with van der Waals surface area (Å²) in [4.78, 5) is 36.0. The molecule has 0 aliphatic heterocycles. The highest BCUT2D eigenvalue weighted by Crippen LogP contribution is 2.27. The van der Waals surface area contributed by atoms with E-state index in [9.17, 15) is 18.8 Å². The van der Waals surface area contributed by atoms with Crippen molar-refractivity contribution in [3.05, 3.63) is 78.1 Å². The van der Waals surface area contributed by atoms with Crippen molar-refractivity contribution in [2.24, 2.45) is 5.10 Å². The fraction of sp³-hybridized carbons (Fsp3) is 0.120. The van der Waals surface area contributed by atoms with Gasteiger partial charge in [-0.05, 0) is 60.2 Å². The summed E-state index contributed by atoms with van der Waals surface area (Å²) >= 11 is 0. The smallest absolute Gasteiger partial charge is 0.329 e. The molecule has 186 valence electrons. The number of nitrogens with zero attached hydrogens (tertiary/aromatic N) is 1. The zero-order chi connectivity index (χ0) is 25.9. The maximum absolute atomic E-state index is 13.6. The van der Waals surface area contributed by atoms with Crippen molar-refractivity contribution < 1.29 is 33.0 Å². The quantitative estimate of drug-likeness (QED) is 0.239. The third-order valence-corrected chi connectivity index (χ3v) is 4.63. The Balaban J connectivity index is 1.52. The van der Waals surface area contributed by atoms with Gasteiger partial charge in [-0.2, -0.15) is 5.10 Å². The summed E-state index contributed by atoms with van der Waals surface area (Å²) in [7, 11) is 2.98. The predicted molar refractivity (Wildman–Crippen MR) is 131 cm³/mol. The van der Waals surface area contributed by atoms with Crippen LogP contribution in [-0.4, -0.2) is 44.8 Å². The number of halogens is 1. The minimum absolute atomic E-state index is 0.125. The summed E-state index contributed by atoms with van der Waals surface area (Å²) in [6.45, 7) is -0.261. The Bertz CT molecular complexity index is 1260. The predicted octanol–water partition coefficient (Wildman–Crippen LogP) is 2.95. The average molecular weight is 494 g/mol. The van der Waals surface area contributed by atoms with Crippen molar-refractivity contribution in [3.8, 4) is 17.2 Å². The lowest BCUT2D eigenvalue weighted by atomic mass is 10.2. The number of para-hydroxylation sites is 1. The molecule has 3 aromatic rings. The largest absolute Gasteiger partial charge is 0.497 e. The van der Waals surface area contributed by atoms with Crippen molar-refractivity contribution in [2.45, 2.75) is 0 Å². The molecule has 0 saturated carbocycles. The van der Waals surface area contributed by atoms with Crippen LogP contribution in [0.3, 0.4) is 0 Å². The summed E-state index contributed by atoms with van der Waals surface area (Å²) in [5.41, 5.74) is 3.03. The van der Waals surface area contributed by atoms with Crippen LogP contribution in [0.1, 0.15) is 5.56 Å². The van der Waals surface area contributed by atoms with E-state index in [1.54, 1.807) is 49.6 Å². The van der Waals surface area contributed by atoms with Crippen LogP contribution in [0.2, 0.25) is 0 Å². The van der Waals surface area contributed by atoms with Crippen LogP contribution in [0.4, 0.5) is 15.8 Å². The van der Waals surface area contributed by atoms with Crippen LogP contribution in [0.5, 0.6) is 17.2 Å². The number of anilines is 2. The average Bonchev–Trinajstić information content (AvgIpc) is 2.89. The van der Waals surface area contributed by atoms with E-state index in [2.05, 4.69) is 21.2 Å². The number of hydrogen-bond acceptors (Lipinski definition) is 7. The Kier molecular flexibility index (Phi) is 8.93. The van der Waals surface area contributed by atoms with Gasteiger partial charge in [-0.3, -0.25) is 14.4 Å². The molecule has 3 amide bonds. The molecule has 0 atom stereocenters. The number of benzene rings is 3. The second kappa shape index (κ2) is 12.5. The summed E-state index contributed by atoms with van der Waals surface area (Å²) in [5, 5.41) is 8.57. The Morgan fingerprint density at radius 3 is 2.33 bits per heavy atom. The molecule has 36 heavy (non-hydrogen) atoms. The van der Waals surface area contributed by atoms with E-state index in [4.69, 9.17) is 14.2 Å². The van der Waals surface area contributed by atoms with Crippen LogP contribution in [0.15, 0.2) is 71.8 Å². The Hall–Kier alpha value is -4.93. The lowest BCUT2D eigenvalue weighted by Crippen LogP contribution is -2.32. The Morgan fingerprint density at radius 2 is 1.64 bits per heavy atom. The normalized spacial score (nSPS) is 10.4. The number of hydrazone groups is 1. The van der Waals surface area contributed by atoms with E-state index in [0.717, 1.165) is 6.07 Å². The number of ether oxygens (including phenoxy) is 3. The van der Waals surface area contributed by atoms with Crippen LogP contribution in [0.25, 0.3) is 0 Å². The van der Waals surface area contributed by atoms with Crippen LogP contribution < -0.4 is 30.3 Å². The molecule has 10 nitrogen and oxygen atoms in total. The van der Waals surface area contributed by atoms with Gasteiger partial charge in [0.2, 0.25) is 0 Å². The van der Waals surface area contributed by atoms with Crippen molar-refractivity contribution in [3.63, 3.8) is 0 Å². The highest BCUT2D eigenvalue weighted by atomic mass is 19.1. The lowest BCUT2D eigenvalue weighted by molar-refractivity contribution is -0.136. The standard InChI is InChI=1S/C25H23FN4O6/c1-34-18-10-8-17(9-11-18)28-23(31)15-36-21-12-7-16(13-22(21)35-2)14-27-30-25(33)24(32)29-20-6-4-3-5-19(20)26/h3-14H,15H2,1-2H3,(H,28,31)(H,29,32)(H,30,33)/b27-14-. The first-order chi connectivity index (χ1) is 17.4. The Labute approximate surface area is 206 Å². The molecule has 11 heteroatoms. The fourth-order valence-electron chi connectivity index (χ4n) is 2.86. The maximum atomic E-state index is 13.6. The van der Waals surface area contributed by atoms with Gasteiger partial charge in [-0.15, -0.1) is 0 Å². The number of carbonyl (C=O) groups excluding carboxylic acids is 3. The first-order valence-corrected chi connectivity index (χ1v) is 10.5. The number of rotatable bonds is 9. The van der Waals surface area contributed by atoms with Gasteiger partial charge in [0.05, 0.1) is 26.1 Å². The van der Waals surface area contributed by atoms with E-state index in [0.29, 0.717) is 28.5 Å². The molecule has 3 N–H and O–H groups in total. The summed E-state index contributed by atoms with van der Waals surface area (Å²) in [6, 6.07) is 17.0. The van der Waals surface area contributed by atoms with Gasteiger partial charge in [-0.1, -0.05) is 12.1 Å². The number of hydrogen-bond donors (Lipinski definition) is 3. The molecule has 0 radical (unpaired) electrons. The van der Waals surface area contributed by atoms with E-state index >= 15 is 0 Å². The molecule has 3 aromatic carbocycles. The summed E-state index contributed by atoms with van der Waals surface area (Å²) in [5.74, 6) is -1.90. The van der Waals surface area contributed by atoms with Gasteiger partial charge in [0.15, 0.2) is 18.1 Å². The highest BCUT2D eigenvalue weighted by Gasteiger charge is 2.15.